The fraction of sp³-hybridized carbons (Fsp3) is 0.333. The lowest BCUT2D eigenvalue weighted by atomic mass is 9.89. The molecular weight excluding hydrogens is 372 g/mol. The molecule has 0 spiro atoms. The largest absolute Gasteiger partial charge is 0.481 e. The summed E-state index contributed by atoms with van der Waals surface area (Å²) in [5.74, 6) is -2.43. The number of hydrogen-bond donors (Lipinski definition) is 1. The zero-order valence-corrected chi connectivity index (χ0v) is 16.0. The van der Waals surface area contributed by atoms with Crippen LogP contribution in [-0.2, 0) is 21.4 Å². The van der Waals surface area contributed by atoms with E-state index in [-0.39, 0.29) is 29.5 Å². The number of carboxylic acid groups (broad SMARTS) is 1. The summed E-state index contributed by atoms with van der Waals surface area (Å²) in [5, 5.41) is 9.52. The van der Waals surface area contributed by atoms with Gasteiger partial charge in [-0.05, 0) is 18.1 Å². The minimum atomic E-state index is -3.75. The summed E-state index contributed by atoms with van der Waals surface area (Å²) in [4.78, 5) is 25.8. The van der Waals surface area contributed by atoms with Crippen molar-refractivity contribution in [2.45, 2.75) is 24.3 Å². The molecule has 0 fully saturated rings. The van der Waals surface area contributed by atoms with Gasteiger partial charge in [0.05, 0.1) is 5.92 Å². The molecule has 0 radical (unpaired) electrons. The number of furan rings is 1. The molecule has 0 bridgehead atoms. The van der Waals surface area contributed by atoms with E-state index in [1.807, 2.05) is 0 Å². The van der Waals surface area contributed by atoms with Gasteiger partial charge in [0.2, 0.25) is 10.0 Å². The Morgan fingerprint density at radius 3 is 2.56 bits per heavy atom. The maximum atomic E-state index is 12.9. The molecule has 9 heteroatoms. The van der Waals surface area contributed by atoms with Gasteiger partial charge in [-0.1, -0.05) is 24.3 Å². The summed E-state index contributed by atoms with van der Waals surface area (Å²) in [6.45, 7) is 1.69. The van der Waals surface area contributed by atoms with E-state index in [2.05, 4.69) is 0 Å². The molecule has 2 aromatic rings. The Bertz CT molecular complexity index is 1010. The first-order valence-corrected chi connectivity index (χ1v) is 9.69. The molecule has 1 aromatic carbocycles. The molecular formula is C18H20N2O6S. The van der Waals surface area contributed by atoms with Crippen molar-refractivity contribution in [3.8, 4) is 0 Å². The van der Waals surface area contributed by atoms with Crippen molar-refractivity contribution in [1.29, 1.82) is 0 Å². The van der Waals surface area contributed by atoms with Crippen molar-refractivity contribution in [2.24, 2.45) is 0 Å². The first-order chi connectivity index (χ1) is 12.6. The maximum Gasteiger partial charge on any atom is 0.312 e. The topological polar surface area (TPSA) is 108 Å². The van der Waals surface area contributed by atoms with E-state index in [9.17, 15) is 23.1 Å². The van der Waals surface area contributed by atoms with Crippen molar-refractivity contribution >= 4 is 21.9 Å². The molecule has 1 aliphatic rings. The highest BCUT2D eigenvalue weighted by Crippen LogP contribution is 2.30. The van der Waals surface area contributed by atoms with Crippen LogP contribution in [0.5, 0.6) is 0 Å². The molecule has 0 saturated carbocycles. The van der Waals surface area contributed by atoms with Crippen LogP contribution < -0.4 is 0 Å². The third-order valence-corrected chi connectivity index (χ3v) is 6.54. The quantitative estimate of drug-likeness (QED) is 0.848. The number of aliphatic carboxylic acids is 1. The number of carbonyl (C=O) groups excluding carboxylic acids is 1. The summed E-state index contributed by atoms with van der Waals surface area (Å²) in [7, 11) is -0.967. The third-order valence-electron chi connectivity index (χ3n) is 4.62. The van der Waals surface area contributed by atoms with Gasteiger partial charge < -0.3 is 14.4 Å². The summed E-state index contributed by atoms with van der Waals surface area (Å²) < 4.78 is 31.1. The molecule has 1 N–H and O–H groups in total. The minimum absolute atomic E-state index is 0.0132. The Morgan fingerprint density at radius 1 is 1.26 bits per heavy atom. The molecule has 1 atom stereocenters. The molecule has 27 heavy (non-hydrogen) atoms. The first-order valence-electron chi connectivity index (χ1n) is 8.25. The third kappa shape index (κ3) is 3.35. The first kappa shape index (κ1) is 19.1. The second-order valence-corrected chi connectivity index (χ2v) is 8.71. The van der Waals surface area contributed by atoms with Crippen LogP contribution >= 0.6 is 0 Å². The standard InChI is InChI=1S/C18H20N2O6S/c1-11-16(27(24,25)19(2)3)8-15(26-11)17(21)20-9-12-6-4-5-7-13(12)14(10-20)18(22)23/h4-8,14H,9-10H2,1-3H3,(H,22,23). The lowest BCUT2D eigenvalue weighted by Gasteiger charge is -2.32. The Morgan fingerprint density at radius 2 is 1.93 bits per heavy atom. The maximum absolute atomic E-state index is 12.9. The molecule has 1 aliphatic heterocycles. The Hall–Kier alpha value is -2.65. The van der Waals surface area contributed by atoms with Crippen LogP contribution in [0.3, 0.4) is 0 Å². The highest BCUT2D eigenvalue weighted by atomic mass is 32.2. The van der Waals surface area contributed by atoms with Crippen LogP contribution in [0.15, 0.2) is 39.6 Å². The second kappa shape index (κ2) is 6.82. The van der Waals surface area contributed by atoms with E-state index in [4.69, 9.17) is 4.42 Å². The monoisotopic (exact) mass is 392 g/mol. The predicted octanol–water partition coefficient (Wildman–Crippen LogP) is 1.66. The van der Waals surface area contributed by atoms with Gasteiger partial charge in [0, 0.05) is 33.3 Å². The fourth-order valence-corrected chi connectivity index (χ4v) is 4.21. The number of sulfonamides is 1. The van der Waals surface area contributed by atoms with Gasteiger partial charge in [-0.15, -0.1) is 0 Å². The van der Waals surface area contributed by atoms with Crippen LogP contribution in [0.4, 0.5) is 0 Å². The zero-order valence-electron chi connectivity index (χ0n) is 15.2. The Balaban J connectivity index is 1.95. The zero-order chi connectivity index (χ0) is 19.9. The van der Waals surface area contributed by atoms with Gasteiger partial charge >= 0.3 is 5.97 Å². The number of rotatable bonds is 4. The normalized spacial score (nSPS) is 17.0. The van der Waals surface area contributed by atoms with Gasteiger partial charge in [0.25, 0.3) is 5.91 Å². The molecule has 144 valence electrons. The smallest absolute Gasteiger partial charge is 0.312 e. The molecule has 3 rings (SSSR count). The van der Waals surface area contributed by atoms with Crippen molar-refractivity contribution in [3.05, 3.63) is 53.0 Å². The van der Waals surface area contributed by atoms with Crippen molar-refractivity contribution in [2.75, 3.05) is 20.6 Å². The summed E-state index contributed by atoms with van der Waals surface area (Å²) in [6.07, 6.45) is 0. The summed E-state index contributed by atoms with van der Waals surface area (Å²) in [5.41, 5.74) is 1.43. The average Bonchev–Trinajstić information content (AvgIpc) is 3.02. The average molecular weight is 392 g/mol. The lowest BCUT2D eigenvalue weighted by Crippen LogP contribution is -2.40. The predicted molar refractivity (Wildman–Crippen MR) is 95.9 cm³/mol. The summed E-state index contributed by atoms with van der Waals surface area (Å²) >= 11 is 0. The van der Waals surface area contributed by atoms with Crippen molar-refractivity contribution in [3.63, 3.8) is 0 Å². The number of aryl methyl sites for hydroxylation is 1. The van der Waals surface area contributed by atoms with Crippen LogP contribution in [0.2, 0.25) is 0 Å². The number of nitrogens with zero attached hydrogens (tertiary/aromatic N) is 2. The summed E-state index contributed by atoms with van der Waals surface area (Å²) in [6, 6.07) is 8.27. The Kier molecular flexibility index (Phi) is 4.83. The second-order valence-electron chi connectivity index (χ2n) is 6.59. The molecule has 8 nitrogen and oxygen atoms in total. The lowest BCUT2D eigenvalue weighted by molar-refractivity contribution is -0.139. The van der Waals surface area contributed by atoms with Gasteiger partial charge in [-0.25, -0.2) is 12.7 Å². The molecule has 2 heterocycles. The number of carbonyl (C=O) groups is 2. The fourth-order valence-electron chi connectivity index (χ4n) is 3.15. The van der Waals surface area contributed by atoms with Gasteiger partial charge in [0.1, 0.15) is 10.7 Å². The molecule has 0 aliphatic carbocycles. The van der Waals surface area contributed by atoms with E-state index in [1.54, 1.807) is 24.3 Å². The van der Waals surface area contributed by atoms with Crippen LogP contribution in [-0.4, -0.2) is 55.2 Å². The number of benzene rings is 1. The van der Waals surface area contributed by atoms with E-state index < -0.39 is 27.8 Å². The van der Waals surface area contributed by atoms with Gasteiger partial charge in [-0.3, -0.25) is 9.59 Å². The van der Waals surface area contributed by atoms with Crippen LogP contribution in [0.1, 0.15) is 33.4 Å². The molecule has 0 saturated heterocycles. The number of carboxylic acids is 1. The van der Waals surface area contributed by atoms with Gasteiger partial charge in [0.15, 0.2) is 5.76 Å². The van der Waals surface area contributed by atoms with E-state index in [0.717, 1.165) is 9.87 Å². The number of amides is 1. The SMILES string of the molecule is Cc1oc(C(=O)N2Cc3ccccc3C(C(=O)O)C2)cc1S(=O)(=O)N(C)C. The number of fused-ring (bicyclic) bond motifs is 1. The van der Waals surface area contributed by atoms with E-state index in [0.29, 0.717) is 5.56 Å². The minimum Gasteiger partial charge on any atom is -0.481 e. The van der Waals surface area contributed by atoms with Crippen LogP contribution in [0, 0.1) is 6.92 Å². The molecule has 1 amide bonds. The highest BCUT2D eigenvalue weighted by Gasteiger charge is 2.35. The molecule has 1 aromatic heterocycles. The highest BCUT2D eigenvalue weighted by molar-refractivity contribution is 7.89. The number of hydrogen-bond acceptors (Lipinski definition) is 5. The van der Waals surface area contributed by atoms with E-state index in [1.165, 1.54) is 32.0 Å². The van der Waals surface area contributed by atoms with E-state index >= 15 is 0 Å². The van der Waals surface area contributed by atoms with Crippen LogP contribution in [0.25, 0.3) is 0 Å². The molecule has 1 unspecified atom stereocenters. The Labute approximate surface area is 157 Å². The van der Waals surface area contributed by atoms with Crippen molar-refractivity contribution in [1.82, 2.24) is 9.21 Å². The van der Waals surface area contributed by atoms with Gasteiger partial charge in [-0.2, -0.15) is 0 Å². The van der Waals surface area contributed by atoms with Crippen molar-refractivity contribution < 1.29 is 27.5 Å².